The van der Waals surface area contributed by atoms with Gasteiger partial charge in [-0.1, -0.05) is 37.0 Å². The van der Waals surface area contributed by atoms with Gasteiger partial charge in [0.1, 0.15) is 11.5 Å². The number of hydrogen-bond acceptors (Lipinski definition) is 2. The minimum absolute atomic E-state index is 0.235. The van der Waals surface area contributed by atoms with Gasteiger partial charge in [-0.3, -0.25) is 0 Å². The standard InChI is InChI=1S/C15H14Cl2N2O/c1-8(2)15-14(11-5-4-10(16)7-12(11)17)19-13(20-15)6-9(3)18-19/h4-8H,1-3H3. The Morgan fingerprint density at radius 2 is 1.95 bits per heavy atom. The summed E-state index contributed by atoms with van der Waals surface area (Å²) in [6.45, 7) is 6.10. The van der Waals surface area contributed by atoms with Crippen LogP contribution in [0.5, 0.6) is 0 Å². The largest absolute Gasteiger partial charge is 0.441 e. The lowest BCUT2D eigenvalue weighted by atomic mass is 10.0. The first-order valence-corrected chi connectivity index (χ1v) is 7.17. The molecule has 0 radical (unpaired) electrons. The maximum Gasteiger partial charge on any atom is 0.222 e. The molecule has 0 atom stereocenters. The highest BCUT2D eigenvalue weighted by Crippen LogP contribution is 2.37. The van der Waals surface area contributed by atoms with Crippen molar-refractivity contribution in [3.63, 3.8) is 0 Å². The van der Waals surface area contributed by atoms with E-state index in [1.807, 2.05) is 25.1 Å². The van der Waals surface area contributed by atoms with Crippen molar-refractivity contribution in [2.24, 2.45) is 0 Å². The molecule has 3 rings (SSSR count). The molecule has 0 bridgehead atoms. The van der Waals surface area contributed by atoms with Gasteiger partial charge in [0.2, 0.25) is 5.71 Å². The number of aryl methyl sites for hydroxylation is 1. The molecule has 2 heterocycles. The van der Waals surface area contributed by atoms with Crippen LogP contribution in [0.15, 0.2) is 28.7 Å². The predicted octanol–water partition coefficient (Wildman–Crippen LogP) is 5.33. The average Bonchev–Trinajstić information content (AvgIpc) is 2.86. The Hall–Kier alpha value is -1.45. The molecule has 0 saturated heterocycles. The summed E-state index contributed by atoms with van der Waals surface area (Å²) in [5, 5.41) is 5.69. The van der Waals surface area contributed by atoms with Gasteiger partial charge in [-0.05, 0) is 25.1 Å². The third kappa shape index (κ3) is 2.11. The third-order valence-corrected chi connectivity index (χ3v) is 3.72. The first-order chi connectivity index (χ1) is 9.47. The van der Waals surface area contributed by atoms with Gasteiger partial charge in [-0.15, -0.1) is 0 Å². The van der Waals surface area contributed by atoms with Gasteiger partial charge in [-0.25, -0.2) is 0 Å². The van der Waals surface area contributed by atoms with E-state index in [2.05, 4.69) is 18.9 Å². The minimum atomic E-state index is 0.235. The molecular formula is C15H14Cl2N2O. The van der Waals surface area contributed by atoms with Crippen LogP contribution in [0.3, 0.4) is 0 Å². The van der Waals surface area contributed by atoms with E-state index in [-0.39, 0.29) is 5.92 Å². The van der Waals surface area contributed by atoms with E-state index in [4.69, 9.17) is 27.6 Å². The Bertz CT molecular complexity index is 787. The molecule has 0 fully saturated rings. The fourth-order valence-electron chi connectivity index (χ4n) is 2.29. The number of rotatable bonds is 2. The van der Waals surface area contributed by atoms with Gasteiger partial charge in [0, 0.05) is 22.6 Å². The number of hydrogen-bond donors (Lipinski definition) is 0. The molecule has 0 aliphatic heterocycles. The summed E-state index contributed by atoms with van der Waals surface area (Å²) in [4.78, 5) is 0. The lowest BCUT2D eigenvalue weighted by molar-refractivity contribution is 0.520. The topological polar surface area (TPSA) is 30.4 Å². The second kappa shape index (κ2) is 4.83. The van der Waals surface area contributed by atoms with E-state index < -0.39 is 0 Å². The Balaban J connectivity index is 2.34. The predicted molar refractivity (Wildman–Crippen MR) is 81.7 cm³/mol. The number of nitrogens with zero attached hydrogens (tertiary/aromatic N) is 2. The molecule has 0 saturated carbocycles. The highest BCUT2D eigenvalue weighted by Gasteiger charge is 2.21. The maximum atomic E-state index is 6.34. The van der Waals surface area contributed by atoms with E-state index in [1.165, 1.54) is 0 Å². The monoisotopic (exact) mass is 308 g/mol. The average molecular weight is 309 g/mol. The number of aromatic nitrogens is 2. The van der Waals surface area contributed by atoms with Gasteiger partial charge in [0.25, 0.3) is 0 Å². The van der Waals surface area contributed by atoms with Gasteiger partial charge in [0.15, 0.2) is 0 Å². The summed E-state index contributed by atoms with van der Waals surface area (Å²) in [5.41, 5.74) is 3.41. The molecule has 0 spiro atoms. The molecule has 20 heavy (non-hydrogen) atoms. The molecule has 5 heteroatoms. The number of halogens is 2. The molecule has 3 aromatic rings. The highest BCUT2D eigenvalue weighted by molar-refractivity contribution is 6.36. The molecule has 1 aromatic carbocycles. The van der Waals surface area contributed by atoms with Crippen LogP contribution in [0.4, 0.5) is 0 Å². The lowest BCUT2D eigenvalue weighted by Crippen LogP contribution is -1.95. The summed E-state index contributed by atoms with van der Waals surface area (Å²) in [6.07, 6.45) is 0. The molecule has 104 valence electrons. The molecule has 2 aromatic heterocycles. The molecule has 0 aliphatic carbocycles. The van der Waals surface area contributed by atoms with Gasteiger partial charge < -0.3 is 4.42 Å². The Kier molecular flexibility index (Phi) is 3.27. The van der Waals surface area contributed by atoms with Crippen molar-refractivity contribution in [3.8, 4) is 11.3 Å². The van der Waals surface area contributed by atoms with Crippen LogP contribution >= 0.6 is 23.2 Å². The van der Waals surface area contributed by atoms with E-state index in [1.54, 1.807) is 10.6 Å². The van der Waals surface area contributed by atoms with Gasteiger partial charge in [0.05, 0.1) is 10.7 Å². The zero-order valence-corrected chi connectivity index (χ0v) is 13.0. The van der Waals surface area contributed by atoms with Crippen molar-refractivity contribution in [1.82, 2.24) is 9.61 Å². The van der Waals surface area contributed by atoms with Gasteiger partial charge >= 0.3 is 0 Å². The van der Waals surface area contributed by atoms with Crippen molar-refractivity contribution in [2.45, 2.75) is 26.7 Å². The minimum Gasteiger partial charge on any atom is -0.441 e. The normalized spacial score (nSPS) is 11.7. The first-order valence-electron chi connectivity index (χ1n) is 6.42. The van der Waals surface area contributed by atoms with Crippen molar-refractivity contribution in [2.75, 3.05) is 0 Å². The summed E-state index contributed by atoms with van der Waals surface area (Å²) >= 11 is 12.3. The van der Waals surface area contributed by atoms with E-state index >= 15 is 0 Å². The van der Waals surface area contributed by atoms with Crippen molar-refractivity contribution in [1.29, 1.82) is 0 Å². The lowest BCUT2D eigenvalue weighted by Gasteiger charge is -2.07. The summed E-state index contributed by atoms with van der Waals surface area (Å²) < 4.78 is 7.74. The van der Waals surface area contributed by atoms with E-state index in [0.29, 0.717) is 10.0 Å². The second-order valence-electron chi connectivity index (χ2n) is 5.13. The van der Waals surface area contributed by atoms with Crippen LogP contribution < -0.4 is 0 Å². The Labute approximate surface area is 127 Å². The van der Waals surface area contributed by atoms with Crippen LogP contribution in [-0.2, 0) is 0 Å². The molecule has 0 unspecified atom stereocenters. The van der Waals surface area contributed by atoms with E-state index in [0.717, 1.165) is 28.4 Å². The highest BCUT2D eigenvalue weighted by atomic mass is 35.5. The summed E-state index contributed by atoms with van der Waals surface area (Å²) in [6, 6.07) is 7.37. The summed E-state index contributed by atoms with van der Waals surface area (Å²) in [7, 11) is 0. The van der Waals surface area contributed by atoms with Crippen molar-refractivity contribution in [3.05, 3.63) is 45.8 Å². The number of benzene rings is 1. The second-order valence-corrected chi connectivity index (χ2v) is 5.97. The van der Waals surface area contributed by atoms with Crippen molar-refractivity contribution < 1.29 is 4.42 Å². The fourth-order valence-corrected chi connectivity index (χ4v) is 2.79. The third-order valence-electron chi connectivity index (χ3n) is 3.17. The SMILES string of the molecule is Cc1cc2oc(C(C)C)c(-c3ccc(Cl)cc3Cl)n2n1. The molecule has 0 amide bonds. The summed E-state index contributed by atoms with van der Waals surface area (Å²) in [5.74, 6) is 1.11. The van der Waals surface area contributed by atoms with E-state index in [9.17, 15) is 0 Å². The van der Waals surface area contributed by atoms with Crippen LogP contribution in [0.25, 0.3) is 17.0 Å². The first kappa shape index (κ1) is 13.5. The number of oxazole rings is 1. The van der Waals surface area contributed by atoms with Crippen LogP contribution in [0, 0.1) is 6.92 Å². The number of fused-ring (bicyclic) bond motifs is 1. The zero-order valence-electron chi connectivity index (χ0n) is 11.4. The van der Waals surface area contributed by atoms with Crippen LogP contribution in [0.2, 0.25) is 10.0 Å². The Morgan fingerprint density at radius 1 is 1.20 bits per heavy atom. The molecular weight excluding hydrogens is 295 g/mol. The zero-order chi connectivity index (χ0) is 14.4. The van der Waals surface area contributed by atoms with Crippen LogP contribution in [0.1, 0.15) is 31.2 Å². The smallest absolute Gasteiger partial charge is 0.222 e. The molecule has 0 N–H and O–H groups in total. The quantitative estimate of drug-likeness (QED) is 0.640. The fraction of sp³-hybridized carbons (Fsp3) is 0.267. The molecule has 0 aliphatic rings. The molecule has 3 nitrogen and oxygen atoms in total. The maximum absolute atomic E-state index is 6.34. The van der Waals surface area contributed by atoms with Gasteiger partial charge in [-0.2, -0.15) is 9.61 Å². The van der Waals surface area contributed by atoms with Crippen LogP contribution in [-0.4, -0.2) is 9.61 Å². The Morgan fingerprint density at radius 3 is 2.60 bits per heavy atom. The van der Waals surface area contributed by atoms with Crippen molar-refractivity contribution >= 4 is 28.9 Å².